The van der Waals surface area contributed by atoms with Crippen molar-refractivity contribution in [1.82, 2.24) is 9.88 Å². The molecule has 2 aromatic carbocycles. The molecule has 174 valence electrons. The summed E-state index contributed by atoms with van der Waals surface area (Å²) in [6.45, 7) is 1.66. The fourth-order valence-corrected chi connectivity index (χ4v) is 3.87. The third-order valence-electron chi connectivity index (χ3n) is 5.31. The highest BCUT2D eigenvalue weighted by Gasteiger charge is 2.16. The Morgan fingerprint density at radius 3 is 2.67 bits per heavy atom. The van der Waals surface area contributed by atoms with Crippen LogP contribution in [0.1, 0.15) is 0 Å². The zero-order chi connectivity index (χ0) is 23.2. The minimum absolute atomic E-state index is 0.0143. The molecule has 1 fully saturated rings. The van der Waals surface area contributed by atoms with Gasteiger partial charge in [-0.05, 0) is 42.0 Å². The van der Waals surface area contributed by atoms with Gasteiger partial charge < -0.3 is 19.9 Å². The minimum Gasteiger partial charge on any atom is -0.507 e. The van der Waals surface area contributed by atoms with Gasteiger partial charge in [0.2, 0.25) is 0 Å². The zero-order valence-corrected chi connectivity index (χ0v) is 18.6. The van der Waals surface area contributed by atoms with Crippen molar-refractivity contribution in [2.75, 3.05) is 44.7 Å². The molecule has 4 rings (SSSR count). The number of phenols is 1. The number of nitrogens with zero attached hydrogens (tertiary/aromatic N) is 2. The van der Waals surface area contributed by atoms with Crippen LogP contribution in [0.25, 0.3) is 22.4 Å². The van der Waals surface area contributed by atoms with E-state index in [1.165, 1.54) is 12.1 Å². The minimum atomic E-state index is -2.95. The van der Waals surface area contributed by atoms with Gasteiger partial charge in [-0.2, -0.15) is 8.78 Å². The smallest absolute Gasteiger partial charge is 0.387 e. The lowest BCUT2D eigenvalue weighted by molar-refractivity contribution is -0.0494. The van der Waals surface area contributed by atoms with Gasteiger partial charge in [0, 0.05) is 42.3 Å². The number of pyridine rings is 1. The van der Waals surface area contributed by atoms with Gasteiger partial charge >= 0.3 is 6.61 Å². The van der Waals surface area contributed by atoms with Gasteiger partial charge in [-0.25, -0.2) is 4.98 Å². The largest absolute Gasteiger partial charge is 0.507 e. The maximum absolute atomic E-state index is 13.0. The molecule has 0 amide bonds. The monoisotopic (exact) mass is 475 g/mol. The quantitative estimate of drug-likeness (QED) is 0.471. The van der Waals surface area contributed by atoms with Crippen molar-refractivity contribution < 1.29 is 23.4 Å². The average Bonchev–Trinajstić information content (AvgIpc) is 2.81. The summed E-state index contributed by atoms with van der Waals surface area (Å²) in [6, 6.07) is 14.7. The number of hydrogen-bond donors (Lipinski definition) is 2. The molecule has 0 spiro atoms. The number of nitrogens with one attached hydrogen (secondary N) is 1. The molecule has 0 saturated carbocycles. The van der Waals surface area contributed by atoms with E-state index in [0.717, 1.165) is 19.6 Å². The van der Waals surface area contributed by atoms with Crippen LogP contribution in [0.5, 0.6) is 11.5 Å². The standard InChI is InChI=1S/C24H24ClF2N3O3/c25-17-5-6-21(31)19(15-17)20-13-16(18-3-1-2-4-22(18)33-24(26)27)14-23(29-20)28-7-8-30-9-11-32-12-10-30/h1-6,13-15,24,31H,7-12H2,(H,28,29). The van der Waals surface area contributed by atoms with Crippen molar-refractivity contribution in [3.8, 4) is 33.9 Å². The van der Waals surface area contributed by atoms with Gasteiger partial charge in [-0.15, -0.1) is 0 Å². The topological polar surface area (TPSA) is 66.9 Å². The van der Waals surface area contributed by atoms with Gasteiger partial charge in [0.05, 0.1) is 18.9 Å². The highest BCUT2D eigenvalue weighted by atomic mass is 35.5. The third kappa shape index (κ3) is 6.10. The summed E-state index contributed by atoms with van der Waals surface area (Å²) in [4.78, 5) is 6.93. The molecule has 2 N–H and O–H groups in total. The number of hydrogen-bond acceptors (Lipinski definition) is 6. The van der Waals surface area contributed by atoms with E-state index in [9.17, 15) is 13.9 Å². The van der Waals surface area contributed by atoms with Crippen LogP contribution in [0.4, 0.5) is 14.6 Å². The Kier molecular flexibility index (Phi) is 7.59. The fraction of sp³-hybridized carbons (Fsp3) is 0.292. The fourth-order valence-electron chi connectivity index (χ4n) is 3.70. The number of morpholine rings is 1. The van der Waals surface area contributed by atoms with Gasteiger partial charge in [0.15, 0.2) is 0 Å². The predicted molar refractivity (Wildman–Crippen MR) is 124 cm³/mol. The lowest BCUT2D eigenvalue weighted by Gasteiger charge is -2.26. The Morgan fingerprint density at radius 1 is 1.09 bits per heavy atom. The SMILES string of the molecule is Oc1ccc(Cl)cc1-c1cc(-c2ccccc2OC(F)F)cc(NCCN2CCOCC2)n1. The maximum Gasteiger partial charge on any atom is 0.387 e. The maximum atomic E-state index is 13.0. The molecule has 0 radical (unpaired) electrons. The number of alkyl halides is 2. The van der Waals surface area contributed by atoms with Gasteiger partial charge in [0.25, 0.3) is 0 Å². The lowest BCUT2D eigenvalue weighted by Crippen LogP contribution is -2.39. The summed E-state index contributed by atoms with van der Waals surface area (Å²) >= 11 is 6.14. The summed E-state index contributed by atoms with van der Waals surface area (Å²) in [5.41, 5.74) is 1.99. The molecular weight excluding hydrogens is 452 g/mol. The number of halogens is 3. The van der Waals surface area contributed by atoms with E-state index in [-0.39, 0.29) is 11.5 Å². The summed E-state index contributed by atoms with van der Waals surface area (Å²) in [5, 5.41) is 14.2. The second kappa shape index (κ2) is 10.8. The van der Waals surface area contributed by atoms with E-state index in [1.54, 1.807) is 42.5 Å². The first-order chi connectivity index (χ1) is 16.0. The van der Waals surface area contributed by atoms with Gasteiger partial charge in [-0.3, -0.25) is 4.90 Å². The van der Waals surface area contributed by atoms with Crippen molar-refractivity contribution in [1.29, 1.82) is 0 Å². The number of rotatable bonds is 8. The number of anilines is 1. The van der Waals surface area contributed by atoms with Crippen LogP contribution in [0, 0.1) is 0 Å². The van der Waals surface area contributed by atoms with E-state index in [4.69, 9.17) is 21.1 Å². The highest BCUT2D eigenvalue weighted by molar-refractivity contribution is 6.31. The summed E-state index contributed by atoms with van der Waals surface area (Å²) < 4.78 is 36.0. The molecule has 2 heterocycles. The van der Waals surface area contributed by atoms with E-state index >= 15 is 0 Å². The molecule has 0 unspecified atom stereocenters. The molecule has 9 heteroatoms. The molecular formula is C24H24ClF2N3O3. The van der Waals surface area contributed by atoms with E-state index in [0.29, 0.717) is 53.0 Å². The van der Waals surface area contributed by atoms with Crippen molar-refractivity contribution in [2.24, 2.45) is 0 Å². The van der Waals surface area contributed by atoms with Crippen LogP contribution in [0.2, 0.25) is 5.02 Å². The van der Waals surface area contributed by atoms with Gasteiger partial charge in [0.1, 0.15) is 17.3 Å². The Balaban J connectivity index is 1.68. The van der Waals surface area contributed by atoms with Crippen LogP contribution in [0.3, 0.4) is 0 Å². The van der Waals surface area contributed by atoms with Crippen molar-refractivity contribution >= 4 is 17.4 Å². The van der Waals surface area contributed by atoms with Crippen LogP contribution < -0.4 is 10.1 Å². The van der Waals surface area contributed by atoms with Crippen LogP contribution >= 0.6 is 11.6 Å². The Labute approximate surface area is 195 Å². The van der Waals surface area contributed by atoms with Crippen LogP contribution in [0.15, 0.2) is 54.6 Å². The molecule has 1 saturated heterocycles. The molecule has 6 nitrogen and oxygen atoms in total. The molecule has 1 aliphatic heterocycles. The second-order valence-corrected chi connectivity index (χ2v) is 7.98. The van der Waals surface area contributed by atoms with E-state index in [1.807, 2.05) is 0 Å². The Bertz CT molecular complexity index is 1090. The molecule has 3 aromatic rings. The number of para-hydroxylation sites is 1. The number of aromatic nitrogens is 1. The summed E-state index contributed by atoms with van der Waals surface area (Å²) in [5.74, 6) is 0.613. The van der Waals surface area contributed by atoms with Crippen molar-refractivity contribution in [2.45, 2.75) is 6.61 Å². The highest BCUT2D eigenvalue weighted by Crippen LogP contribution is 2.37. The van der Waals surface area contributed by atoms with Crippen LogP contribution in [-0.4, -0.2) is 61.0 Å². The number of benzene rings is 2. The van der Waals surface area contributed by atoms with Crippen molar-refractivity contribution in [3.63, 3.8) is 0 Å². The normalized spacial score (nSPS) is 14.4. The van der Waals surface area contributed by atoms with Crippen LogP contribution in [-0.2, 0) is 4.74 Å². The Morgan fingerprint density at radius 2 is 1.88 bits per heavy atom. The first-order valence-corrected chi connectivity index (χ1v) is 11.0. The second-order valence-electron chi connectivity index (χ2n) is 7.54. The average molecular weight is 476 g/mol. The molecule has 0 aliphatic carbocycles. The molecule has 33 heavy (non-hydrogen) atoms. The van der Waals surface area contributed by atoms with E-state index in [2.05, 4.69) is 15.2 Å². The molecule has 1 aliphatic rings. The number of phenolic OH excluding ortho intramolecular Hbond substituents is 1. The first kappa shape index (κ1) is 23.2. The van der Waals surface area contributed by atoms with Crippen molar-refractivity contribution in [3.05, 3.63) is 59.6 Å². The number of ether oxygens (including phenoxy) is 2. The lowest BCUT2D eigenvalue weighted by atomic mass is 10.0. The van der Waals surface area contributed by atoms with Gasteiger partial charge in [-0.1, -0.05) is 29.8 Å². The van der Waals surface area contributed by atoms with E-state index < -0.39 is 6.61 Å². The summed E-state index contributed by atoms with van der Waals surface area (Å²) in [7, 11) is 0. The molecule has 0 atom stereocenters. The zero-order valence-electron chi connectivity index (χ0n) is 17.8. The Hall–Kier alpha value is -2.94. The number of aromatic hydroxyl groups is 1. The third-order valence-corrected chi connectivity index (χ3v) is 5.55. The summed E-state index contributed by atoms with van der Waals surface area (Å²) in [6.07, 6.45) is 0. The predicted octanol–water partition coefficient (Wildman–Crippen LogP) is 5.12. The molecule has 0 bridgehead atoms. The molecule has 1 aromatic heterocycles. The first-order valence-electron chi connectivity index (χ1n) is 10.6.